The Morgan fingerprint density at radius 3 is 2.78 bits per heavy atom. The number of hydrogen-bond acceptors (Lipinski definition) is 3. The molecule has 128 valence electrons. The average Bonchev–Trinajstić information content (AvgIpc) is 2.47. The Balaban J connectivity index is 1.80. The summed E-state index contributed by atoms with van der Waals surface area (Å²) in [6, 6.07) is 10.4. The Bertz CT molecular complexity index is 611. The molecular formula is C18H28N2O2S. The minimum absolute atomic E-state index is 0.552. The molecule has 1 N–H and O–H groups in total. The summed E-state index contributed by atoms with van der Waals surface area (Å²) in [6.07, 6.45) is 6.78. The number of sulfonamides is 1. The lowest BCUT2D eigenvalue weighted by Crippen LogP contribution is -2.37. The molecule has 4 nitrogen and oxygen atoms in total. The van der Waals surface area contributed by atoms with E-state index in [0.717, 1.165) is 26.1 Å². The van der Waals surface area contributed by atoms with Crippen molar-refractivity contribution in [1.82, 2.24) is 9.62 Å². The molecule has 1 aromatic rings. The highest BCUT2D eigenvalue weighted by Gasteiger charge is 2.19. The lowest BCUT2D eigenvalue weighted by Gasteiger charge is -2.33. The Labute approximate surface area is 140 Å². The van der Waals surface area contributed by atoms with E-state index >= 15 is 0 Å². The molecule has 1 heterocycles. The number of nitrogens with one attached hydrogen (secondary N) is 1. The van der Waals surface area contributed by atoms with Crippen LogP contribution in [0.15, 0.2) is 35.9 Å². The van der Waals surface area contributed by atoms with E-state index in [1.54, 1.807) is 0 Å². The summed E-state index contributed by atoms with van der Waals surface area (Å²) in [5, 5.41) is 0. The van der Waals surface area contributed by atoms with Crippen LogP contribution >= 0.6 is 0 Å². The van der Waals surface area contributed by atoms with Crippen LogP contribution in [0.2, 0.25) is 0 Å². The molecule has 1 fully saturated rings. The molecule has 5 heteroatoms. The molecule has 2 rings (SSSR count). The molecule has 0 aromatic heterocycles. The molecule has 1 aliphatic heterocycles. The number of nitrogens with zero attached hydrogens (tertiary/aromatic N) is 1. The van der Waals surface area contributed by atoms with Gasteiger partial charge in [-0.3, -0.25) is 4.90 Å². The number of benzene rings is 1. The Morgan fingerprint density at radius 1 is 1.35 bits per heavy atom. The summed E-state index contributed by atoms with van der Waals surface area (Å²) in [5.41, 5.74) is 2.61. The van der Waals surface area contributed by atoms with E-state index in [4.69, 9.17) is 0 Å². The highest BCUT2D eigenvalue weighted by Crippen LogP contribution is 2.20. The summed E-state index contributed by atoms with van der Waals surface area (Å²) in [5.74, 6) is 0.586. The maximum Gasteiger partial charge on any atom is 0.208 e. The maximum atomic E-state index is 11.1. The average molecular weight is 337 g/mol. The smallest absolute Gasteiger partial charge is 0.208 e. The third-order valence-corrected chi connectivity index (χ3v) is 4.93. The second-order valence-electron chi connectivity index (χ2n) is 6.60. The topological polar surface area (TPSA) is 49.4 Å². The monoisotopic (exact) mass is 336 g/mol. The minimum Gasteiger partial charge on any atom is -0.299 e. The zero-order chi connectivity index (χ0) is 16.7. The molecule has 0 spiro atoms. The van der Waals surface area contributed by atoms with Crippen molar-refractivity contribution in [2.45, 2.75) is 26.2 Å². The summed E-state index contributed by atoms with van der Waals surface area (Å²) in [6.45, 7) is 5.92. The van der Waals surface area contributed by atoms with Crippen LogP contribution in [0.4, 0.5) is 0 Å². The van der Waals surface area contributed by atoms with Gasteiger partial charge in [0.1, 0.15) is 0 Å². The molecule has 1 aromatic carbocycles. The van der Waals surface area contributed by atoms with Crippen LogP contribution < -0.4 is 4.72 Å². The van der Waals surface area contributed by atoms with Crippen molar-refractivity contribution in [1.29, 1.82) is 0 Å². The fourth-order valence-electron chi connectivity index (χ4n) is 3.21. The van der Waals surface area contributed by atoms with Crippen LogP contribution in [0.5, 0.6) is 0 Å². The number of hydrogen-bond donors (Lipinski definition) is 1. The SMILES string of the molecule is C/C(=C\c1ccccc1)CN1CCCC(CCNS(C)(=O)=O)C1. The van der Waals surface area contributed by atoms with Crippen LogP contribution in [0, 0.1) is 5.92 Å². The lowest BCUT2D eigenvalue weighted by atomic mass is 9.94. The molecule has 1 aliphatic rings. The molecule has 1 atom stereocenters. The molecule has 0 saturated carbocycles. The predicted molar refractivity (Wildman–Crippen MR) is 96.7 cm³/mol. The van der Waals surface area contributed by atoms with E-state index in [1.807, 2.05) is 6.07 Å². The van der Waals surface area contributed by atoms with Gasteiger partial charge in [0.25, 0.3) is 0 Å². The number of rotatable bonds is 7. The molecular weight excluding hydrogens is 308 g/mol. The minimum atomic E-state index is -3.06. The zero-order valence-corrected chi connectivity index (χ0v) is 15.0. The number of likely N-dealkylation sites (tertiary alicyclic amines) is 1. The van der Waals surface area contributed by atoms with Gasteiger partial charge in [-0.15, -0.1) is 0 Å². The van der Waals surface area contributed by atoms with Crippen LogP contribution in [0.1, 0.15) is 31.7 Å². The van der Waals surface area contributed by atoms with Crippen molar-refractivity contribution < 1.29 is 8.42 Å². The third-order valence-electron chi connectivity index (χ3n) is 4.21. The van der Waals surface area contributed by atoms with E-state index in [2.05, 4.69) is 46.9 Å². The van der Waals surface area contributed by atoms with Gasteiger partial charge in [0.2, 0.25) is 10.0 Å². The van der Waals surface area contributed by atoms with Crippen molar-refractivity contribution in [3.63, 3.8) is 0 Å². The first-order chi connectivity index (χ1) is 10.9. The molecule has 23 heavy (non-hydrogen) atoms. The van der Waals surface area contributed by atoms with Crippen molar-refractivity contribution in [2.75, 3.05) is 32.4 Å². The molecule has 0 aliphatic carbocycles. The second kappa shape index (κ2) is 8.62. The Hall–Kier alpha value is -1.17. The normalized spacial score (nSPS) is 20.6. The van der Waals surface area contributed by atoms with Gasteiger partial charge < -0.3 is 0 Å². The Kier molecular flexibility index (Phi) is 6.81. The van der Waals surface area contributed by atoms with E-state index in [0.29, 0.717) is 12.5 Å². The molecule has 0 radical (unpaired) electrons. The fourth-order valence-corrected chi connectivity index (χ4v) is 3.70. The largest absolute Gasteiger partial charge is 0.299 e. The number of piperidine rings is 1. The predicted octanol–water partition coefficient (Wildman–Crippen LogP) is 2.74. The van der Waals surface area contributed by atoms with Crippen LogP contribution in [-0.2, 0) is 10.0 Å². The molecule has 1 unspecified atom stereocenters. The zero-order valence-electron chi connectivity index (χ0n) is 14.2. The van der Waals surface area contributed by atoms with E-state index in [-0.39, 0.29) is 0 Å². The summed E-state index contributed by atoms with van der Waals surface area (Å²) >= 11 is 0. The summed E-state index contributed by atoms with van der Waals surface area (Å²) in [7, 11) is -3.06. The van der Waals surface area contributed by atoms with Crippen LogP contribution in [-0.4, -0.2) is 45.8 Å². The summed E-state index contributed by atoms with van der Waals surface area (Å²) < 4.78 is 24.9. The fraction of sp³-hybridized carbons (Fsp3) is 0.556. The third kappa shape index (κ3) is 7.29. The van der Waals surface area contributed by atoms with Crippen molar-refractivity contribution in [3.8, 4) is 0 Å². The highest BCUT2D eigenvalue weighted by atomic mass is 32.2. The molecule has 0 amide bonds. The van der Waals surface area contributed by atoms with Gasteiger partial charge in [-0.05, 0) is 44.2 Å². The first-order valence-corrected chi connectivity index (χ1v) is 10.2. The summed E-state index contributed by atoms with van der Waals surface area (Å²) in [4.78, 5) is 2.49. The second-order valence-corrected chi connectivity index (χ2v) is 8.43. The van der Waals surface area contributed by atoms with Gasteiger partial charge in [0, 0.05) is 19.6 Å². The quantitative estimate of drug-likeness (QED) is 0.833. The van der Waals surface area contributed by atoms with Gasteiger partial charge in [-0.2, -0.15) is 0 Å². The Morgan fingerprint density at radius 2 is 2.09 bits per heavy atom. The van der Waals surface area contributed by atoms with E-state index in [9.17, 15) is 8.42 Å². The van der Waals surface area contributed by atoms with Crippen molar-refractivity contribution in [2.24, 2.45) is 5.92 Å². The van der Waals surface area contributed by atoms with Gasteiger partial charge in [-0.1, -0.05) is 42.0 Å². The maximum absolute atomic E-state index is 11.1. The first kappa shape index (κ1) is 18.2. The van der Waals surface area contributed by atoms with Crippen LogP contribution in [0.25, 0.3) is 6.08 Å². The molecule has 1 saturated heterocycles. The van der Waals surface area contributed by atoms with Gasteiger partial charge in [-0.25, -0.2) is 13.1 Å². The van der Waals surface area contributed by atoms with E-state index in [1.165, 1.54) is 30.2 Å². The van der Waals surface area contributed by atoms with Gasteiger partial charge >= 0.3 is 0 Å². The van der Waals surface area contributed by atoms with Crippen molar-refractivity contribution in [3.05, 3.63) is 41.5 Å². The van der Waals surface area contributed by atoms with Crippen molar-refractivity contribution >= 4 is 16.1 Å². The van der Waals surface area contributed by atoms with Gasteiger partial charge in [0.15, 0.2) is 0 Å². The van der Waals surface area contributed by atoms with Crippen LogP contribution in [0.3, 0.4) is 0 Å². The molecule has 0 bridgehead atoms. The highest BCUT2D eigenvalue weighted by molar-refractivity contribution is 7.88. The first-order valence-electron chi connectivity index (χ1n) is 8.31. The lowest BCUT2D eigenvalue weighted by molar-refractivity contribution is 0.182. The standard InChI is InChI=1S/C18H28N2O2S/c1-16(13-17-7-4-3-5-8-17)14-20-12-6-9-18(15-20)10-11-19-23(2,21)22/h3-5,7-8,13,18-19H,6,9-12,14-15H2,1-2H3/b16-13+. The van der Waals surface area contributed by atoms with E-state index < -0.39 is 10.0 Å². The van der Waals surface area contributed by atoms with Gasteiger partial charge in [0.05, 0.1) is 6.26 Å².